The number of rotatable bonds is 35. The molecule has 0 saturated heterocycles. The normalized spacial score (nSPS) is 13.0. The Labute approximate surface area is 612 Å². The molecule has 5 N–H and O–H groups in total. The third-order valence-corrected chi connectivity index (χ3v) is 18.1. The van der Waals surface area contributed by atoms with Gasteiger partial charge in [-0.15, -0.1) is 0 Å². The summed E-state index contributed by atoms with van der Waals surface area (Å²) >= 11 is 34.0. The van der Waals surface area contributed by atoms with Gasteiger partial charge in [-0.05, 0) is 160 Å². The third-order valence-electron chi connectivity index (χ3n) is 13.9. The first-order chi connectivity index (χ1) is 47.4. The number of amides is 6. The zero-order valence-electron chi connectivity index (χ0n) is 54.7. The minimum absolute atomic E-state index is 0.0152. The average molecular weight is 1610 g/mol. The SMILES string of the molecule is CC(CNC(=O)Oc1ccc(S(=O)(=O)c2ccc(OC(=O)NCCCCC(C(=O)OCC(Cl)(Cl)Cl)N(C)C(=O)OCCC(F)(F)F)cc2)cc1)CC(C)(C)CCNC(=O)Oc1ccc(S(=O)(=O)c2ccc(OC(=O)NC(CCCCNC(=O)OCCC(F)(F)F)C(=O)OCC(Cl)(Cl)Cl)cc2)cc1. The van der Waals surface area contributed by atoms with Gasteiger partial charge in [0.15, 0.2) is 0 Å². The number of benzene rings is 4. The molecule has 0 heterocycles. The molecule has 0 spiro atoms. The Bertz CT molecular complexity index is 3670. The van der Waals surface area contributed by atoms with E-state index in [-0.39, 0.29) is 119 Å². The third kappa shape index (κ3) is 33.8. The summed E-state index contributed by atoms with van der Waals surface area (Å²) in [6.45, 7) is 2.80. The molecule has 26 nitrogen and oxygen atoms in total. The van der Waals surface area contributed by atoms with Gasteiger partial charge < -0.3 is 64.5 Å². The number of unbranched alkanes of at least 4 members (excludes halogenated alkanes) is 2. The van der Waals surface area contributed by atoms with Gasteiger partial charge in [0.25, 0.3) is 0 Å². The zero-order valence-corrected chi connectivity index (χ0v) is 60.8. The van der Waals surface area contributed by atoms with Crippen molar-refractivity contribution in [1.29, 1.82) is 0 Å². The summed E-state index contributed by atoms with van der Waals surface area (Å²) in [4.78, 5) is 101. The second-order valence-corrected chi connectivity index (χ2v) is 32.0. The second kappa shape index (κ2) is 40.1. The van der Waals surface area contributed by atoms with Crippen LogP contribution in [0.2, 0.25) is 0 Å². The molecule has 0 radical (unpaired) electrons. The molecule has 566 valence electrons. The number of hydrogen-bond donors (Lipinski definition) is 5. The molecule has 3 unspecified atom stereocenters. The first-order valence-corrected chi connectivity index (χ1v) is 35.8. The van der Waals surface area contributed by atoms with Crippen LogP contribution in [0.1, 0.15) is 85.0 Å². The first kappa shape index (κ1) is 87.1. The molecule has 0 aromatic heterocycles. The van der Waals surface area contributed by atoms with E-state index in [9.17, 15) is 81.5 Å². The first-order valence-electron chi connectivity index (χ1n) is 30.6. The van der Waals surface area contributed by atoms with E-state index in [0.717, 1.165) is 24.1 Å². The number of carbonyl (C=O) groups excluding carboxylic acids is 8. The molecule has 0 aliphatic heterocycles. The van der Waals surface area contributed by atoms with Crippen molar-refractivity contribution in [2.24, 2.45) is 11.3 Å². The smallest absolute Gasteiger partial charge is 0.413 e. The molecule has 0 fully saturated rings. The van der Waals surface area contributed by atoms with Gasteiger partial charge in [-0.1, -0.05) is 90.4 Å². The van der Waals surface area contributed by atoms with Gasteiger partial charge in [0, 0.05) is 33.2 Å². The maximum atomic E-state index is 13.5. The van der Waals surface area contributed by atoms with Crippen molar-refractivity contribution in [3.63, 3.8) is 0 Å². The van der Waals surface area contributed by atoms with Gasteiger partial charge in [-0.3, -0.25) is 4.90 Å². The van der Waals surface area contributed by atoms with E-state index in [2.05, 4.69) is 36.1 Å². The number of sulfone groups is 2. The lowest BCUT2D eigenvalue weighted by Crippen LogP contribution is -2.44. The quantitative estimate of drug-likeness (QED) is 0.00939. The highest BCUT2D eigenvalue weighted by atomic mass is 35.6. The van der Waals surface area contributed by atoms with E-state index >= 15 is 0 Å². The van der Waals surface area contributed by atoms with Crippen molar-refractivity contribution >= 4 is 138 Å². The molecule has 4 rings (SSSR count). The standard InChI is InChI=1S/C62H72Cl6F6N6O20S2/c1-39(36-78-55(86)99-42-15-23-46(24-16-42)101(89,90)44-19-11-40(12-20-44)97-53(84)76-31-8-6-10-49(51(82)96-38-60(66,67)68)80(4)57(88)94-34-29-62(72,73)74)35-58(2,3)27-32-77-54(85)98-41-13-21-45(22-14-41)102(91,92)47-25-17-43(18-26-47)100-56(87)79-48(50(81)95-37-59(63,64)65)9-5-7-30-75-52(83)93-33-28-61(69,70)71/h11-26,39,48-49H,5-10,27-38H2,1-4H3,(H,75,83)(H,76,84)(H,77,85)(H,78,86)(H,79,87). The maximum absolute atomic E-state index is 13.5. The number of esters is 2. The molecule has 0 saturated carbocycles. The number of halogens is 12. The van der Waals surface area contributed by atoms with Gasteiger partial charge >= 0.3 is 60.9 Å². The number of hydrogen-bond acceptors (Lipinski definition) is 20. The van der Waals surface area contributed by atoms with E-state index in [1.54, 1.807) is 0 Å². The molecular weight excluding hydrogens is 1540 g/mol. The molecule has 0 aliphatic rings. The molecule has 4 aromatic rings. The minimum atomic E-state index is -4.60. The highest BCUT2D eigenvalue weighted by Gasteiger charge is 2.35. The van der Waals surface area contributed by atoms with E-state index in [1.165, 1.54) is 84.9 Å². The Kier molecular flexibility index (Phi) is 34.2. The molecule has 6 amide bonds. The van der Waals surface area contributed by atoms with Crippen molar-refractivity contribution in [2.75, 3.05) is 59.7 Å². The molecule has 40 heteroatoms. The van der Waals surface area contributed by atoms with Gasteiger partial charge in [0.2, 0.25) is 27.3 Å². The summed E-state index contributed by atoms with van der Waals surface area (Å²) in [5, 5.41) is 12.3. The van der Waals surface area contributed by atoms with Crippen LogP contribution in [0.3, 0.4) is 0 Å². The van der Waals surface area contributed by atoms with Crippen LogP contribution in [0.15, 0.2) is 117 Å². The Hall–Kier alpha value is -7.34. The number of nitrogens with zero attached hydrogens (tertiary/aromatic N) is 1. The zero-order chi connectivity index (χ0) is 76.3. The number of carbonyl (C=O) groups is 8. The number of likely N-dealkylation sites (N-methyl/N-ethyl adjacent to an activating group) is 1. The van der Waals surface area contributed by atoms with Gasteiger partial charge in [0.1, 0.15) is 61.5 Å². The van der Waals surface area contributed by atoms with Crippen molar-refractivity contribution in [3.8, 4) is 23.0 Å². The van der Waals surface area contributed by atoms with Crippen molar-refractivity contribution in [1.82, 2.24) is 31.5 Å². The van der Waals surface area contributed by atoms with Crippen LogP contribution in [0, 0.1) is 11.3 Å². The molecule has 3 atom stereocenters. The lowest BCUT2D eigenvalue weighted by molar-refractivity contribution is -0.150. The van der Waals surface area contributed by atoms with Crippen LogP contribution < -0.4 is 45.5 Å². The van der Waals surface area contributed by atoms with Crippen molar-refractivity contribution < 1.29 is 119 Å². The van der Waals surface area contributed by atoms with E-state index in [1.807, 2.05) is 20.8 Å². The van der Waals surface area contributed by atoms with Crippen LogP contribution in [-0.4, -0.2) is 162 Å². The largest absolute Gasteiger partial charge is 0.460 e. The number of alkyl carbamates (subject to hydrolysis) is 1. The maximum Gasteiger partial charge on any atom is 0.413 e. The van der Waals surface area contributed by atoms with Crippen LogP contribution in [0.4, 0.5) is 55.1 Å². The average Bonchev–Trinajstić information content (AvgIpc) is 0.807. The Balaban J connectivity index is 1.16. The summed E-state index contributed by atoms with van der Waals surface area (Å²) in [5.41, 5.74) is -0.368. The fraction of sp³-hybridized carbons (Fsp3) is 0.484. The topological polar surface area (TPSA) is 342 Å². The summed E-state index contributed by atoms with van der Waals surface area (Å²) in [6, 6.07) is 16.7. The number of alkyl halides is 12. The monoisotopic (exact) mass is 1610 g/mol. The van der Waals surface area contributed by atoms with E-state index in [4.69, 9.17) is 98.0 Å². The fourth-order valence-corrected chi connectivity index (χ4v) is 11.8. The van der Waals surface area contributed by atoms with Crippen LogP contribution in [0.5, 0.6) is 23.0 Å². The molecule has 0 aliphatic carbocycles. The minimum Gasteiger partial charge on any atom is -0.460 e. The lowest BCUT2D eigenvalue weighted by atomic mass is 9.80. The Morgan fingerprint density at radius 1 is 0.461 bits per heavy atom. The van der Waals surface area contributed by atoms with E-state index < -0.39 is 139 Å². The summed E-state index contributed by atoms with van der Waals surface area (Å²) < 4.78 is 165. The van der Waals surface area contributed by atoms with Crippen molar-refractivity contribution in [2.45, 2.75) is 137 Å². The van der Waals surface area contributed by atoms with Crippen LogP contribution in [0.25, 0.3) is 0 Å². The predicted molar refractivity (Wildman–Crippen MR) is 358 cm³/mol. The lowest BCUT2D eigenvalue weighted by Gasteiger charge is -2.28. The highest BCUT2D eigenvalue weighted by Crippen LogP contribution is 2.32. The summed E-state index contributed by atoms with van der Waals surface area (Å²) in [5.74, 6) is -2.29. The Morgan fingerprint density at radius 2 is 0.824 bits per heavy atom. The Morgan fingerprint density at radius 3 is 1.24 bits per heavy atom. The van der Waals surface area contributed by atoms with Crippen molar-refractivity contribution in [3.05, 3.63) is 97.1 Å². The van der Waals surface area contributed by atoms with Crippen LogP contribution in [-0.2, 0) is 48.2 Å². The number of nitrogens with one attached hydrogen (secondary N) is 5. The van der Waals surface area contributed by atoms with Gasteiger partial charge in [-0.2, -0.15) is 26.3 Å². The van der Waals surface area contributed by atoms with Crippen LogP contribution >= 0.6 is 69.6 Å². The van der Waals surface area contributed by atoms with E-state index in [0.29, 0.717) is 12.8 Å². The summed E-state index contributed by atoms with van der Waals surface area (Å²) in [6.07, 6.45) is -16.4. The highest BCUT2D eigenvalue weighted by molar-refractivity contribution is 7.91. The molecule has 4 aromatic carbocycles. The van der Waals surface area contributed by atoms with Gasteiger partial charge in [0.05, 0.1) is 32.4 Å². The molecule has 0 bridgehead atoms. The number of ether oxygens (including phenoxy) is 8. The van der Waals surface area contributed by atoms with Gasteiger partial charge in [-0.25, -0.2) is 55.2 Å². The fourth-order valence-electron chi connectivity index (χ4n) is 8.94. The predicted octanol–water partition coefficient (Wildman–Crippen LogP) is 13.5. The second-order valence-electron chi connectivity index (χ2n) is 23.1. The molecule has 102 heavy (non-hydrogen) atoms. The summed E-state index contributed by atoms with van der Waals surface area (Å²) in [7, 11) is -7.19. The molecular formula is C62H72Cl6F6N6O20S2.